The van der Waals surface area contributed by atoms with Gasteiger partial charge in [-0.1, -0.05) is 6.07 Å². The molecule has 0 bridgehead atoms. The molecule has 2 N–H and O–H groups in total. The normalized spacial score (nSPS) is 10.9. The Labute approximate surface area is 97.3 Å². The number of aromatic amines is 2. The van der Waals surface area contributed by atoms with Crippen molar-refractivity contribution in [2.75, 3.05) is 0 Å². The van der Waals surface area contributed by atoms with Crippen LogP contribution in [0, 0.1) is 6.92 Å². The molecule has 3 rings (SSSR count). The van der Waals surface area contributed by atoms with Gasteiger partial charge in [0.2, 0.25) is 5.56 Å². The van der Waals surface area contributed by atoms with Gasteiger partial charge in [-0.2, -0.15) is 0 Å². The lowest BCUT2D eigenvalue weighted by Gasteiger charge is -1.93. The molecule has 17 heavy (non-hydrogen) atoms. The molecule has 2 aromatic heterocycles. The van der Waals surface area contributed by atoms with Gasteiger partial charge in [0, 0.05) is 17.8 Å². The van der Waals surface area contributed by atoms with Crippen LogP contribution in [0.4, 0.5) is 0 Å². The zero-order valence-corrected chi connectivity index (χ0v) is 9.32. The Morgan fingerprint density at radius 2 is 2.06 bits per heavy atom. The number of rotatable bonds is 1. The summed E-state index contributed by atoms with van der Waals surface area (Å²) in [4.78, 5) is 21.3. The number of fused-ring (bicyclic) bond motifs is 1. The topological polar surface area (TPSA) is 61.5 Å². The predicted octanol–water partition coefficient (Wildman–Crippen LogP) is 2.23. The lowest BCUT2D eigenvalue weighted by Crippen LogP contribution is -2.01. The van der Waals surface area contributed by atoms with Gasteiger partial charge in [-0.3, -0.25) is 4.79 Å². The van der Waals surface area contributed by atoms with E-state index in [2.05, 4.69) is 21.0 Å². The predicted molar refractivity (Wildman–Crippen MR) is 66.9 cm³/mol. The summed E-state index contributed by atoms with van der Waals surface area (Å²) in [6, 6.07) is 9.31. The number of imidazole rings is 1. The summed E-state index contributed by atoms with van der Waals surface area (Å²) in [7, 11) is 0. The lowest BCUT2D eigenvalue weighted by molar-refractivity contribution is 1.22. The van der Waals surface area contributed by atoms with Gasteiger partial charge in [-0.15, -0.1) is 0 Å². The van der Waals surface area contributed by atoms with Crippen LogP contribution in [0.5, 0.6) is 0 Å². The average molecular weight is 225 g/mol. The van der Waals surface area contributed by atoms with Crippen molar-refractivity contribution in [3.05, 3.63) is 52.4 Å². The zero-order chi connectivity index (χ0) is 11.8. The van der Waals surface area contributed by atoms with Gasteiger partial charge < -0.3 is 9.97 Å². The van der Waals surface area contributed by atoms with E-state index in [1.165, 1.54) is 11.6 Å². The largest absolute Gasteiger partial charge is 0.338 e. The highest BCUT2D eigenvalue weighted by Crippen LogP contribution is 2.19. The van der Waals surface area contributed by atoms with Crippen molar-refractivity contribution >= 4 is 11.0 Å². The fourth-order valence-electron chi connectivity index (χ4n) is 1.82. The van der Waals surface area contributed by atoms with Crippen molar-refractivity contribution in [3.8, 4) is 11.4 Å². The molecule has 3 aromatic rings. The van der Waals surface area contributed by atoms with E-state index in [0.29, 0.717) is 0 Å². The van der Waals surface area contributed by atoms with Crippen molar-refractivity contribution in [2.24, 2.45) is 0 Å². The third kappa shape index (κ3) is 1.73. The quantitative estimate of drug-likeness (QED) is 0.667. The molecule has 0 aliphatic heterocycles. The van der Waals surface area contributed by atoms with E-state index >= 15 is 0 Å². The van der Waals surface area contributed by atoms with E-state index in [0.717, 1.165) is 22.4 Å². The first-order valence-corrected chi connectivity index (χ1v) is 5.38. The second-order valence-electron chi connectivity index (χ2n) is 4.05. The van der Waals surface area contributed by atoms with Crippen molar-refractivity contribution in [1.29, 1.82) is 0 Å². The first kappa shape index (κ1) is 9.84. The molecule has 4 nitrogen and oxygen atoms in total. The first-order valence-electron chi connectivity index (χ1n) is 5.38. The summed E-state index contributed by atoms with van der Waals surface area (Å²) in [6.07, 6.45) is 1.66. The molecule has 0 saturated carbocycles. The van der Waals surface area contributed by atoms with Crippen LogP contribution >= 0.6 is 0 Å². The molecule has 0 saturated heterocycles. The number of aromatic nitrogens is 3. The molecule has 1 aromatic carbocycles. The second-order valence-corrected chi connectivity index (χ2v) is 4.05. The summed E-state index contributed by atoms with van der Waals surface area (Å²) in [5, 5.41) is 0. The molecule has 0 radical (unpaired) electrons. The number of nitrogens with zero attached hydrogens (tertiary/aromatic N) is 1. The van der Waals surface area contributed by atoms with Crippen molar-refractivity contribution in [2.45, 2.75) is 6.92 Å². The van der Waals surface area contributed by atoms with Crippen LogP contribution in [0.3, 0.4) is 0 Å². The molecule has 0 aliphatic rings. The van der Waals surface area contributed by atoms with Gasteiger partial charge in [0.05, 0.1) is 11.0 Å². The molecule has 0 spiro atoms. The smallest absolute Gasteiger partial charge is 0.247 e. The second kappa shape index (κ2) is 3.59. The van der Waals surface area contributed by atoms with Crippen molar-refractivity contribution in [3.63, 3.8) is 0 Å². The summed E-state index contributed by atoms with van der Waals surface area (Å²) in [6.45, 7) is 2.04. The highest BCUT2D eigenvalue weighted by molar-refractivity contribution is 5.79. The number of hydrogen-bond donors (Lipinski definition) is 2. The minimum atomic E-state index is -0.110. The highest BCUT2D eigenvalue weighted by Gasteiger charge is 2.04. The molecular formula is C13H11N3O. The minimum Gasteiger partial charge on any atom is -0.338 e. The van der Waals surface area contributed by atoms with E-state index in [9.17, 15) is 4.79 Å². The maximum atomic E-state index is 11.0. The van der Waals surface area contributed by atoms with Crippen LogP contribution in [-0.2, 0) is 0 Å². The molecule has 0 aliphatic carbocycles. The third-order valence-electron chi connectivity index (χ3n) is 2.70. The number of benzene rings is 1. The fraction of sp³-hybridized carbons (Fsp3) is 0.0769. The van der Waals surface area contributed by atoms with E-state index in [1.54, 1.807) is 12.3 Å². The number of pyridine rings is 1. The number of H-pyrrole nitrogens is 2. The summed E-state index contributed by atoms with van der Waals surface area (Å²) in [5.74, 6) is 0.766. The molecule has 0 atom stereocenters. The van der Waals surface area contributed by atoms with E-state index in [1.807, 2.05) is 19.1 Å². The molecule has 0 fully saturated rings. The van der Waals surface area contributed by atoms with Crippen LogP contribution < -0.4 is 5.56 Å². The maximum Gasteiger partial charge on any atom is 0.247 e. The molecule has 0 amide bonds. The van der Waals surface area contributed by atoms with Crippen LogP contribution in [0.1, 0.15) is 5.56 Å². The van der Waals surface area contributed by atoms with Crippen LogP contribution in [0.25, 0.3) is 22.4 Å². The summed E-state index contributed by atoms with van der Waals surface area (Å²) in [5.41, 5.74) is 3.89. The van der Waals surface area contributed by atoms with E-state index in [4.69, 9.17) is 0 Å². The summed E-state index contributed by atoms with van der Waals surface area (Å²) < 4.78 is 0. The standard InChI is InChI=1S/C13H11N3O/c1-8-2-4-10-11(6-8)16-13(15-10)9-3-5-12(17)14-7-9/h2-7H,1H3,(H,14,17)(H,15,16). The van der Waals surface area contributed by atoms with Gasteiger partial charge in [0.25, 0.3) is 0 Å². The van der Waals surface area contributed by atoms with Crippen LogP contribution in [0.2, 0.25) is 0 Å². The molecule has 2 heterocycles. The van der Waals surface area contributed by atoms with Gasteiger partial charge in [0.15, 0.2) is 0 Å². The van der Waals surface area contributed by atoms with E-state index in [-0.39, 0.29) is 5.56 Å². The minimum absolute atomic E-state index is 0.110. The Morgan fingerprint density at radius 3 is 2.82 bits per heavy atom. The Morgan fingerprint density at radius 1 is 1.18 bits per heavy atom. The monoisotopic (exact) mass is 225 g/mol. The summed E-state index contributed by atoms with van der Waals surface area (Å²) >= 11 is 0. The van der Waals surface area contributed by atoms with Crippen LogP contribution in [-0.4, -0.2) is 15.0 Å². The SMILES string of the molecule is Cc1ccc2nc(-c3ccc(=O)[nH]c3)[nH]c2c1. The Bertz CT molecular complexity index is 719. The van der Waals surface area contributed by atoms with Gasteiger partial charge in [0.1, 0.15) is 5.82 Å². The van der Waals surface area contributed by atoms with Gasteiger partial charge in [-0.25, -0.2) is 4.98 Å². The molecular weight excluding hydrogens is 214 g/mol. The molecule has 0 unspecified atom stereocenters. The Balaban J connectivity index is 2.17. The van der Waals surface area contributed by atoms with Gasteiger partial charge >= 0.3 is 0 Å². The zero-order valence-electron chi connectivity index (χ0n) is 9.32. The number of nitrogens with one attached hydrogen (secondary N) is 2. The number of aryl methyl sites for hydroxylation is 1. The molecule has 4 heteroatoms. The van der Waals surface area contributed by atoms with E-state index < -0.39 is 0 Å². The van der Waals surface area contributed by atoms with Crippen molar-refractivity contribution < 1.29 is 0 Å². The lowest BCUT2D eigenvalue weighted by atomic mass is 10.2. The van der Waals surface area contributed by atoms with Crippen molar-refractivity contribution in [1.82, 2.24) is 15.0 Å². The Hall–Kier alpha value is -2.36. The maximum absolute atomic E-state index is 11.0. The third-order valence-corrected chi connectivity index (χ3v) is 2.70. The number of hydrogen-bond acceptors (Lipinski definition) is 2. The van der Waals surface area contributed by atoms with Crippen LogP contribution in [0.15, 0.2) is 41.3 Å². The molecule has 84 valence electrons. The fourth-order valence-corrected chi connectivity index (χ4v) is 1.82. The first-order chi connectivity index (χ1) is 8.22. The van der Waals surface area contributed by atoms with Gasteiger partial charge in [-0.05, 0) is 30.7 Å². The highest BCUT2D eigenvalue weighted by atomic mass is 16.1. The average Bonchev–Trinajstić information content (AvgIpc) is 2.72. The Kier molecular flexibility index (Phi) is 2.08.